The van der Waals surface area contributed by atoms with Gasteiger partial charge in [-0.3, -0.25) is 8.91 Å². The molecule has 0 aliphatic carbocycles. The Hall–Kier alpha value is -1.88. The molecule has 3 rings (SSSR count). The Balaban J connectivity index is 2.34. The highest BCUT2D eigenvalue weighted by Gasteiger charge is 2.11. The molecule has 0 bridgehead atoms. The third-order valence-electron chi connectivity index (χ3n) is 2.52. The van der Waals surface area contributed by atoms with Gasteiger partial charge >= 0.3 is 0 Å². The lowest BCUT2D eigenvalue weighted by Crippen LogP contribution is -1.99. The molecule has 2 heterocycles. The van der Waals surface area contributed by atoms with Crippen LogP contribution in [0.1, 0.15) is 0 Å². The molecule has 0 saturated heterocycles. The standard InChI is InChI=1S/C12H9BrN4/c13-16-12-15-9-5-1-2-6-10(9)17(12)11-7-3-4-8-14-11/h1-8H,(H,15,16). The maximum atomic E-state index is 4.47. The number of fused-ring (bicyclic) bond motifs is 1. The van der Waals surface area contributed by atoms with Crippen LogP contribution in [0.4, 0.5) is 5.95 Å². The van der Waals surface area contributed by atoms with Crippen molar-refractivity contribution in [3.63, 3.8) is 0 Å². The number of pyridine rings is 1. The van der Waals surface area contributed by atoms with Crippen LogP contribution in [0.2, 0.25) is 0 Å². The van der Waals surface area contributed by atoms with Crippen LogP contribution in [0.15, 0.2) is 48.7 Å². The highest BCUT2D eigenvalue weighted by atomic mass is 79.9. The number of benzene rings is 1. The average molecular weight is 289 g/mol. The molecule has 0 spiro atoms. The summed E-state index contributed by atoms with van der Waals surface area (Å²) in [7, 11) is 0. The number of aromatic nitrogens is 3. The van der Waals surface area contributed by atoms with Gasteiger partial charge in [0.05, 0.1) is 11.0 Å². The molecule has 17 heavy (non-hydrogen) atoms. The van der Waals surface area contributed by atoms with E-state index in [0.29, 0.717) is 5.95 Å². The normalized spacial score (nSPS) is 10.6. The van der Waals surface area contributed by atoms with Crippen LogP contribution in [0.3, 0.4) is 0 Å². The van der Waals surface area contributed by atoms with Gasteiger partial charge in [0.25, 0.3) is 0 Å². The topological polar surface area (TPSA) is 42.7 Å². The number of imidazole rings is 1. The van der Waals surface area contributed by atoms with Crippen LogP contribution in [0.25, 0.3) is 16.9 Å². The molecule has 4 nitrogen and oxygen atoms in total. The van der Waals surface area contributed by atoms with Gasteiger partial charge in [-0.05, 0) is 24.3 Å². The molecule has 0 amide bonds. The SMILES string of the molecule is BrNc1nc2ccccc2n1-c1ccccn1. The van der Waals surface area contributed by atoms with Crippen LogP contribution in [-0.2, 0) is 0 Å². The van der Waals surface area contributed by atoms with Gasteiger partial charge in [-0.25, -0.2) is 9.97 Å². The number of para-hydroxylation sites is 2. The summed E-state index contributed by atoms with van der Waals surface area (Å²) in [6.07, 6.45) is 1.77. The van der Waals surface area contributed by atoms with Crippen molar-refractivity contribution in [3.05, 3.63) is 48.7 Å². The molecule has 0 saturated carbocycles. The van der Waals surface area contributed by atoms with Crippen LogP contribution in [0, 0.1) is 0 Å². The van der Waals surface area contributed by atoms with Crippen molar-refractivity contribution < 1.29 is 0 Å². The first-order chi connectivity index (χ1) is 8.40. The fourth-order valence-electron chi connectivity index (χ4n) is 1.81. The lowest BCUT2D eigenvalue weighted by Gasteiger charge is -2.05. The second-order valence-corrected chi connectivity index (χ2v) is 3.94. The second kappa shape index (κ2) is 4.18. The molecule has 3 aromatic rings. The van der Waals surface area contributed by atoms with E-state index in [1.807, 2.05) is 47.0 Å². The number of nitrogens with zero attached hydrogens (tertiary/aromatic N) is 3. The molecule has 0 atom stereocenters. The van der Waals surface area contributed by atoms with Crippen LogP contribution in [0.5, 0.6) is 0 Å². The van der Waals surface area contributed by atoms with E-state index in [-0.39, 0.29) is 0 Å². The van der Waals surface area contributed by atoms with E-state index in [1.165, 1.54) is 0 Å². The largest absolute Gasteiger partial charge is 0.292 e. The van der Waals surface area contributed by atoms with Crippen molar-refractivity contribution in [2.75, 3.05) is 4.34 Å². The summed E-state index contributed by atoms with van der Waals surface area (Å²) in [4.78, 5) is 8.81. The molecule has 84 valence electrons. The van der Waals surface area contributed by atoms with Crippen LogP contribution in [-0.4, -0.2) is 14.5 Å². The second-order valence-electron chi connectivity index (χ2n) is 3.54. The predicted molar refractivity (Wildman–Crippen MR) is 71.4 cm³/mol. The van der Waals surface area contributed by atoms with Gasteiger partial charge in [-0.2, -0.15) is 0 Å². The fourth-order valence-corrected chi connectivity index (χ4v) is 2.07. The van der Waals surface area contributed by atoms with Gasteiger partial charge in [-0.15, -0.1) is 0 Å². The first-order valence-electron chi connectivity index (χ1n) is 5.15. The van der Waals surface area contributed by atoms with Gasteiger partial charge in [0.15, 0.2) is 0 Å². The Morgan fingerprint density at radius 3 is 2.65 bits per heavy atom. The summed E-state index contributed by atoms with van der Waals surface area (Å²) >= 11 is 3.22. The fraction of sp³-hybridized carbons (Fsp3) is 0. The molecule has 5 heteroatoms. The highest BCUT2D eigenvalue weighted by molar-refractivity contribution is 9.10. The molecule has 0 fully saturated rings. The number of anilines is 1. The van der Waals surface area contributed by atoms with Crippen molar-refractivity contribution in [1.29, 1.82) is 0 Å². The van der Waals surface area contributed by atoms with Crippen molar-refractivity contribution in [3.8, 4) is 5.82 Å². The quantitative estimate of drug-likeness (QED) is 0.737. The van der Waals surface area contributed by atoms with E-state index in [0.717, 1.165) is 16.9 Å². The van der Waals surface area contributed by atoms with Crippen molar-refractivity contribution in [1.82, 2.24) is 14.5 Å². The molecular formula is C12H9BrN4. The molecule has 2 aromatic heterocycles. The summed E-state index contributed by atoms with van der Waals surface area (Å²) in [5.74, 6) is 1.55. The third-order valence-corrected chi connectivity index (χ3v) is 2.88. The lowest BCUT2D eigenvalue weighted by atomic mass is 10.3. The van der Waals surface area contributed by atoms with E-state index in [9.17, 15) is 0 Å². The van der Waals surface area contributed by atoms with Gasteiger partial charge < -0.3 is 0 Å². The first-order valence-corrected chi connectivity index (χ1v) is 5.95. The minimum atomic E-state index is 0.713. The number of nitrogens with one attached hydrogen (secondary N) is 1. The third kappa shape index (κ3) is 1.68. The van der Waals surface area contributed by atoms with Gasteiger partial charge in [0, 0.05) is 22.3 Å². The monoisotopic (exact) mass is 288 g/mol. The Morgan fingerprint density at radius 2 is 1.88 bits per heavy atom. The van der Waals surface area contributed by atoms with E-state index < -0.39 is 0 Å². The maximum absolute atomic E-state index is 4.47. The van der Waals surface area contributed by atoms with Gasteiger partial charge in [-0.1, -0.05) is 18.2 Å². The summed E-state index contributed by atoms with van der Waals surface area (Å²) in [6, 6.07) is 13.7. The first kappa shape index (κ1) is 10.3. The molecule has 0 unspecified atom stereocenters. The number of halogens is 1. The van der Waals surface area contributed by atoms with Crippen molar-refractivity contribution >= 4 is 33.1 Å². The zero-order valence-electron chi connectivity index (χ0n) is 8.84. The number of hydrogen-bond acceptors (Lipinski definition) is 3. The Bertz CT molecular complexity index is 648. The zero-order valence-corrected chi connectivity index (χ0v) is 10.4. The zero-order chi connectivity index (χ0) is 11.7. The average Bonchev–Trinajstić information content (AvgIpc) is 2.78. The Labute approximate surface area is 107 Å². The summed E-state index contributed by atoms with van der Waals surface area (Å²) in [6.45, 7) is 0. The Kier molecular flexibility index (Phi) is 2.53. The number of hydrogen-bond donors (Lipinski definition) is 1. The molecule has 0 radical (unpaired) electrons. The van der Waals surface area contributed by atoms with E-state index in [4.69, 9.17) is 0 Å². The molecule has 1 N–H and O–H groups in total. The van der Waals surface area contributed by atoms with Crippen LogP contribution < -0.4 is 4.34 Å². The van der Waals surface area contributed by atoms with Crippen molar-refractivity contribution in [2.45, 2.75) is 0 Å². The maximum Gasteiger partial charge on any atom is 0.220 e. The van der Waals surface area contributed by atoms with E-state index in [1.54, 1.807) is 6.20 Å². The van der Waals surface area contributed by atoms with Crippen LogP contribution >= 0.6 is 16.1 Å². The minimum absolute atomic E-state index is 0.713. The lowest BCUT2D eigenvalue weighted by molar-refractivity contribution is 1.04. The molecule has 0 aliphatic heterocycles. The molecular weight excluding hydrogens is 280 g/mol. The molecule has 0 aliphatic rings. The summed E-state index contributed by atoms with van der Waals surface area (Å²) in [5, 5.41) is 0. The van der Waals surface area contributed by atoms with Crippen molar-refractivity contribution in [2.24, 2.45) is 0 Å². The smallest absolute Gasteiger partial charge is 0.220 e. The highest BCUT2D eigenvalue weighted by Crippen LogP contribution is 2.23. The summed E-state index contributed by atoms with van der Waals surface area (Å²) in [5.41, 5.74) is 1.95. The minimum Gasteiger partial charge on any atom is -0.292 e. The number of rotatable bonds is 2. The van der Waals surface area contributed by atoms with Gasteiger partial charge in [0.2, 0.25) is 5.95 Å². The Morgan fingerprint density at radius 1 is 1.06 bits per heavy atom. The van der Waals surface area contributed by atoms with Gasteiger partial charge in [0.1, 0.15) is 5.82 Å². The van der Waals surface area contributed by atoms with E-state index >= 15 is 0 Å². The summed E-state index contributed by atoms with van der Waals surface area (Å²) < 4.78 is 4.87. The predicted octanol–water partition coefficient (Wildman–Crippen LogP) is 3.14. The van der Waals surface area contributed by atoms with E-state index in [2.05, 4.69) is 30.5 Å². The molecule has 1 aromatic carbocycles.